The molecule has 0 atom stereocenters. The monoisotopic (exact) mass is 223 g/mol. The van der Waals surface area contributed by atoms with E-state index in [-0.39, 0.29) is 18.0 Å². The highest BCUT2D eigenvalue weighted by Gasteiger charge is 2.13. The molecule has 2 rings (SSSR count). The molecule has 16 heavy (non-hydrogen) atoms. The van der Waals surface area contributed by atoms with E-state index in [1.54, 1.807) is 0 Å². The molecular weight excluding hydrogens is 213 g/mol. The summed E-state index contributed by atoms with van der Waals surface area (Å²) < 4.78 is 13.8. The summed E-state index contributed by atoms with van der Waals surface area (Å²) in [4.78, 5) is 11.3. The van der Waals surface area contributed by atoms with Crippen LogP contribution >= 0.6 is 0 Å². The third-order valence-corrected chi connectivity index (χ3v) is 2.26. The van der Waals surface area contributed by atoms with Gasteiger partial charge in [-0.05, 0) is 24.3 Å². The fraction of sp³-hybridized carbons (Fsp3) is 0.100. The van der Waals surface area contributed by atoms with Gasteiger partial charge in [0.2, 0.25) is 5.88 Å². The van der Waals surface area contributed by atoms with Gasteiger partial charge in [-0.2, -0.15) is 0 Å². The zero-order chi connectivity index (χ0) is 11.7. The number of rotatable bonds is 2. The average molecular weight is 223 g/mol. The van der Waals surface area contributed by atoms with Crippen molar-refractivity contribution in [2.75, 3.05) is 0 Å². The zero-order valence-electron chi connectivity index (χ0n) is 8.27. The molecule has 2 aromatic rings. The fourth-order valence-corrected chi connectivity index (χ4v) is 1.42. The lowest BCUT2D eigenvalue weighted by atomic mass is 10.3. The van der Waals surface area contributed by atoms with Crippen molar-refractivity contribution < 1.29 is 9.50 Å². The van der Waals surface area contributed by atoms with Crippen molar-refractivity contribution >= 4 is 0 Å². The van der Waals surface area contributed by atoms with Crippen molar-refractivity contribution in [1.29, 1.82) is 0 Å². The second-order valence-electron chi connectivity index (χ2n) is 3.26. The minimum Gasteiger partial charge on any atom is -0.493 e. The Kier molecular flexibility index (Phi) is 2.49. The van der Waals surface area contributed by atoms with Crippen molar-refractivity contribution in [3.63, 3.8) is 0 Å². The summed E-state index contributed by atoms with van der Waals surface area (Å²) >= 11 is 0. The first-order valence-corrected chi connectivity index (χ1v) is 4.62. The van der Waals surface area contributed by atoms with Gasteiger partial charge in [-0.1, -0.05) is 0 Å². The van der Waals surface area contributed by atoms with Crippen LogP contribution < -0.4 is 11.3 Å². The average Bonchev–Trinajstić information content (AvgIpc) is 2.55. The molecule has 0 spiro atoms. The van der Waals surface area contributed by atoms with Gasteiger partial charge in [-0.3, -0.25) is 9.89 Å². The topological polar surface area (TPSA) is 84.0 Å². The fourth-order valence-electron chi connectivity index (χ4n) is 1.42. The summed E-state index contributed by atoms with van der Waals surface area (Å²) in [7, 11) is 0. The second kappa shape index (κ2) is 3.82. The van der Waals surface area contributed by atoms with Crippen LogP contribution in [-0.4, -0.2) is 14.9 Å². The molecule has 0 saturated heterocycles. The summed E-state index contributed by atoms with van der Waals surface area (Å²) in [6, 6.07) is 5.33. The maximum Gasteiger partial charge on any atom is 0.272 e. The van der Waals surface area contributed by atoms with Gasteiger partial charge in [-0.15, -0.1) is 0 Å². The first-order valence-electron chi connectivity index (χ1n) is 4.62. The first kappa shape index (κ1) is 10.4. The molecule has 0 amide bonds. The normalized spacial score (nSPS) is 10.6. The third-order valence-electron chi connectivity index (χ3n) is 2.26. The summed E-state index contributed by atoms with van der Waals surface area (Å²) in [5.74, 6) is -0.643. The molecule has 0 unspecified atom stereocenters. The highest BCUT2D eigenvalue weighted by atomic mass is 19.1. The Morgan fingerprint density at radius 3 is 2.50 bits per heavy atom. The maximum atomic E-state index is 12.7. The molecule has 4 N–H and O–H groups in total. The molecule has 5 nitrogen and oxygen atoms in total. The van der Waals surface area contributed by atoms with Crippen LogP contribution in [0, 0.1) is 5.82 Å². The van der Waals surface area contributed by atoms with E-state index in [9.17, 15) is 14.3 Å². The number of aromatic amines is 1. The number of aromatic nitrogens is 2. The van der Waals surface area contributed by atoms with Gasteiger partial charge in [0.25, 0.3) is 5.56 Å². The number of nitrogens with one attached hydrogen (secondary N) is 1. The van der Waals surface area contributed by atoms with Gasteiger partial charge >= 0.3 is 0 Å². The maximum absolute atomic E-state index is 12.7. The Morgan fingerprint density at radius 1 is 1.38 bits per heavy atom. The highest BCUT2D eigenvalue weighted by molar-refractivity contribution is 5.37. The number of hydrogen-bond acceptors (Lipinski definition) is 3. The van der Waals surface area contributed by atoms with E-state index in [1.165, 1.54) is 24.3 Å². The highest BCUT2D eigenvalue weighted by Crippen LogP contribution is 2.17. The molecule has 0 fully saturated rings. The zero-order valence-corrected chi connectivity index (χ0v) is 8.27. The number of nitrogens with zero attached hydrogens (tertiary/aromatic N) is 1. The standard InChI is InChI=1S/C10H10FN3O2/c11-6-1-3-7(4-2-6)14-10(16)8(5-12)9(15)13-14/h1-4,16H,5,12H2,(H,13,15). The van der Waals surface area contributed by atoms with Gasteiger partial charge < -0.3 is 10.8 Å². The lowest BCUT2D eigenvalue weighted by molar-refractivity contribution is 0.428. The predicted octanol–water partition coefficient (Wildman–Crippen LogP) is 0.469. The predicted molar refractivity (Wildman–Crippen MR) is 55.9 cm³/mol. The SMILES string of the molecule is NCc1c(O)n(-c2ccc(F)cc2)[nH]c1=O. The van der Waals surface area contributed by atoms with Gasteiger partial charge in [0.1, 0.15) is 5.82 Å². The summed E-state index contributed by atoms with van der Waals surface area (Å²) in [5, 5.41) is 12.1. The third kappa shape index (κ3) is 1.59. The molecule has 84 valence electrons. The smallest absolute Gasteiger partial charge is 0.272 e. The lowest BCUT2D eigenvalue weighted by Crippen LogP contribution is -2.10. The van der Waals surface area contributed by atoms with E-state index in [0.29, 0.717) is 5.69 Å². The van der Waals surface area contributed by atoms with Crippen LogP contribution in [-0.2, 0) is 6.54 Å². The minimum atomic E-state index is -0.454. The summed E-state index contributed by atoms with van der Waals surface area (Å²) in [5.41, 5.74) is 5.41. The van der Waals surface area contributed by atoms with E-state index in [4.69, 9.17) is 5.73 Å². The number of aromatic hydroxyl groups is 1. The molecule has 1 aromatic heterocycles. The van der Waals surface area contributed by atoms with E-state index in [1.807, 2.05) is 0 Å². The molecule has 0 saturated carbocycles. The van der Waals surface area contributed by atoms with Crippen LogP contribution in [0.1, 0.15) is 5.56 Å². The Bertz CT molecular complexity index is 556. The molecule has 0 radical (unpaired) electrons. The molecule has 0 aliphatic heterocycles. The van der Waals surface area contributed by atoms with E-state index < -0.39 is 11.4 Å². The number of nitrogens with two attached hydrogens (primary N) is 1. The van der Waals surface area contributed by atoms with Crippen molar-refractivity contribution in [3.8, 4) is 11.6 Å². The molecule has 0 bridgehead atoms. The summed E-state index contributed by atoms with van der Waals surface area (Å²) in [6.07, 6.45) is 0. The Labute approximate surface area is 89.9 Å². The Balaban J connectivity index is 2.56. The first-order chi connectivity index (χ1) is 7.63. The molecular formula is C10H10FN3O2. The van der Waals surface area contributed by atoms with Crippen molar-refractivity contribution in [2.45, 2.75) is 6.54 Å². The Morgan fingerprint density at radius 2 is 2.00 bits per heavy atom. The Hall–Kier alpha value is -2.08. The molecule has 0 aliphatic carbocycles. The van der Waals surface area contributed by atoms with Crippen LogP contribution in [0.2, 0.25) is 0 Å². The van der Waals surface area contributed by atoms with Gasteiger partial charge in [-0.25, -0.2) is 9.07 Å². The van der Waals surface area contributed by atoms with Crippen LogP contribution in [0.3, 0.4) is 0 Å². The largest absolute Gasteiger partial charge is 0.493 e. The number of H-pyrrole nitrogens is 1. The molecule has 1 heterocycles. The van der Waals surface area contributed by atoms with E-state index >= 15 is 0 Å². The quantitative estimate of drug-likeness (QED) is 0.691. The van der Waals surface area contributed by atoms with Gasteiger partial charge in [0, 0.05) is 6.54 Å². The van der Waals surface area contributed by atoms with Crippen molar-refractivity contribution in [3.05, 3.63) is 46.0 Å². The second-order valence-corrected chi connectivity index (χ2v) is 3.26. The number of hydrogen-bond donors (Lipinski definition) is 3. The minimum absolute atomic E-state index is 0.0602. The van der Waals surface area contributed by atoms with Crippen LogP contribution in [0.4, 0.5) is 4.39 Å². The lowest BCUT2D eigenvalue weighted by Gasteiger charge is -2.03. The van der Waals surface area contributed by atoms with Crippen LogP contribution in [0.15, 0.2) is 29.1 Å². The van der Waals surface area contributed by atoms with Crippen molar-refractivity contribution in [1.82, 2.24) is 9.78 Å². The summed E-state index contributed by atoms with van der Waals surface area (Å²) in [6.45, 7) is -0.0602. The number of benzene rings is 1. The van der Waals surface area contributed by atoms with Crippen molar-refractivity contribution in [2.24, 2.45) is 5.73 Å². The molecule has 1 aromatic carbocycles. The van der Waals surface area contributed by atoms with Crippen LogP contribution in [0.25, 0.3) is 5.69 Å². The molecule has 0 aliphatic rings. The molecule has 6 heteroatoms. The van der Waals surface area contributed by atoms with E-state index in [0.717, 1.165) is 4.68 Å². The number of halogens is 1. The van der Waals surface area contributed by atoms with Crippen LogP contribution in [0.5, 0.6) is 5.88 Å². The van der Waals surface area contributed by atoms with Gasteiger partial charge in [0.05, 0.1) is 11.3 Å². The van der Waals surface area contributed by atoms with Gasteiger partial charge in [0.15, 0.2) is 0 Å². The van der Waals surface area contributed by atoms with E-state index in [2.05, 4.69) is 5.10 Å².